The fourth-order valence-corrected chi connectivity index (χ4v) is 2.34. The van der Waals surface area contributed by atoms with Crippen molar-refractivity contribution in [3.8, 4) is 0 Å². The van der Waals surface area contributed by atoms with E-state index in [1.807, 2.05) is 0 Å². The molecule has 4 nitrogen and oxygen atoms in total. The van der Waals surface area contributed by atoms with Crippen LogP contribution in [0.25, 0.3) is 0 Å². The van der Waals surface area contributed by atoms with Gasteiger partial charge in [0.25, 0.3) is 0 Å². The van der Waals surface area contributed by atoms with Gasteiger partial charge in [-0.2, -0.15) is 0 Å². The summed E-state index contributed by atoms with van der Waals surface area (Å²) in [6.07, 6.45) is 5.49. The summed E-state index contributed by atoms with van der Waals surface area (Å²) in [5, 5.41) is 9.04. The molecule has 1 saturated heterocycles. The molecule has 1 heterocycles. The molecule has 1 amide bonds. The fraction of sp³-hybridized carbons (Fsp3) is 0.818. The highest BCUT2D eigenvalue weighted by Gasteiger charge is 2.37. The van der Waals surface area contributed by atoms with Crippen LogP contribution >= 0.6 is 0 Å². The number of aliphatic carboxylic acids is 1. The number of carbonyl (C=O) groups excluding carboxylic acids is 1. The number of hydrogen-bond donors (Lipinski definition) is 1. The smallest absolute Gasteiger partial charge is 0.326 e. The second-order valence-corrected chi connectivity index (χ2v) is 4.51. The van der Waals surface area contributed by atoms with Gasteiger partial charge in [0.05, 0.1) is 0 Å². The lowest BCUT2D eigenvalue weighted by atomic mass is 9.83. The molecule has 2 fully saturated rings. The second kappa shape index (κ2) is 4.21. The van der Waals surface area contributed by atoms with Crippen LogP contribution in [0.4, 0.5) is 0 Å². The van der Waals surface area contributed by atoms with Crippen LogP contribution in [0.5, 0.6) is 0 Å². The van der Waals surface area contributed by atoms with Crippen molar-refractivity contribution in [2.75, 3.05) is 6.54 Å². The van der Waals surface area contributed by atoms with Crippen molar-refractivity contribution in [1.29, 1.82) is 0 Å². The van der Waals surface area contributed by atoms with Crippen LogP contribution in [0.2, 0.25) is 0 Å². The van der Waals surface area contributed by atoms with E-state index in [2.05, 4.69) is 0 Å². The maximum absolute atomic E-state index is 12.0. The van der Waals surface area contributed by atoms with Crippen molar-refractivity contribution in [2.24, 2.45) is 5.92 Å². The van der Waals surface area contributed by atoms with Crippen LogP contribution in [0.1, 0.15) is 38.5 Å². The molecule has 2 rings (SSSR count). The summed E-state index contributed by atoms with van der Waals surface area (Å²) in [5.41, 5.74) is 0. The Bertz CT molecular complexity index is 273. The van der Waals surface area contributed by atoms with Crippen molar-refractivity contribution < 1.29 is 14.7 Å². The lowest BCUT2D eigenvalue weighted by Crippen LogP contribution is -2.51. The van der Waals surface area contributed by atoms with Crippen molar-refractivity contribution >= 4 is 11.9 Å². The van der Waals surface area contributed by atoms with Gasteiger partial charge in [0.2, 0.25) is 5.91 Å². The Morgan fingerprint density at radius 1 is 1.07 bits per heavy atom. The number of rotatable bonds is 2. The molecule has 1 saturated carbocycles. The summed E-state index contributed by atoms with van der Waals surface area (Å²) >= 11 is 0. The maximum atomic E-state index is 12.0. The highest BCUT2D eigenvalue weighted by Crippen LogP contribution is 2.30. The Hall–Kier alpha value is -1.06. The topological polar surface area (TPSA) is 57.6 Å². The third-order valence-electron chi connectivity index (χ3n) is 3.53. The third-order valence-corrected chi connectivity index (χ3v) is 3.53. The molecule has 0 bridgehead atoms. The zero-order valence-electron chi connectivity index (χ0n) is 8.82. The van der Waals surface area contributed by atoms with Crippen LogP contribution in [-0.2, 0) is 9.59 Å². The van der Waals surface area contributed by atoms with Gasteiger partial charge in [0.15, 0.2) is 0 Å². The normalized spacial score (nSPS) is 27.2. The van der Waals surface area contributed by atoms with Crippen LogP contribution < -0.4 is 0 Å². The number of carboxylic acids is 1. The molecule has 0 aromatic rings. The standard InChI is InChI=1S/C11H17NO3/c13-10(8-4-3-5-8)12-7-2-1-6-9(12)11(14)15/h8-9H,1-7H2,(H,14,15). The zero-order valence-corrected chi connectivity index (χ0v) is 8.82. The molecule has 0 aromatic heterocycles. The van der Waals surface area contributed by atoms with E-state index in [1.54, 1.807) is 4.90 Å². The first-order valence-electron chi connectivity index (χ1n) is 5.73. The summed E-state index contributed by atoms with van der Waals surface area (Å²) in [6, 6.07) is -0.563. The molecular formula is C11H17NO3. The van der Waals surface area contributed by atoms with Crippen LogP contribution in [-0.4, -0.2) is 34.5 Å². The molecule has 0 spiro atoms. The SMILES string of the molecule is O=C(O)C1CCCCN1C(=O)C1CCC1. The highest BCUT2D eigenvalue weighted by molar-refractivity contribution is 5.85. The Balaban J connectivity index is 2.03. The molecule has 1 aliphatic carbocycles. The quantitative estimate of drug-likeness (QED) is 0.748. The van der Waals surface area contributed by atoms with E-state index in [-0.39, 0.29) is 11.8 Å². The van der Waals surface area contributed by atoms with E-state index in [0.29, 0.717) is 13.0 Å². The average molecular weight is 211 g/mol. The highest BCUT2D eigenvalue weighted by atomic mass is 16.4. The lowest BCUT2D eigenvalue weighted by molar-refractivity contribution is -0.155. The molecule has 1 atom stereocenters. The summed E-state index contributed by atoms with van der Waals surface area (Å²) in [6.45, 7) is 0.631. The number of carbonyl (C=O) groups is 2. The first-order chi connectivity index (χ1) is 7.20. The Morgan fingerprint density at radius 2 is 1.80 bits per heavy atom. The first-order valence-corrected chi connectivity index (χ1v) is 5.73. The van der Waals surface area contributed by atoms with Gasteiger partial charge >= 0.3 is 5.97 Å². The molecule has 84 valence electrons. The molecule has 4 heteroatoms. The second-order valence-electron chi connectivity index (χ2n) is 4.51. The van der Waals surface area contributed by atoms with Crippen LogP contribution in [0.15, 0.2) is 0 Å². The van der Waals surface area contributed by atoms with Gasteiger partial charge in [-0.25, -0.2) is 4.79 Å². The number of amides is 1. The van der Waals surface area contributed by atoms with Crippen LogP contribution in [0, 0.1) is 5.92 Å². The number of nitrogens with zero attached hydrogens (tertiary/aromatic N) is 1. The van der Waals surface area contributed by atoms with Gasteiger partial charge in [-0.05, 0) is 32.1 Å². The molecular weight excluding hydrogens is 194 g/mol. The van der Waals surface area contributed by atoms with E-state index in [9.17, 15) is 9.59 Å². The molecule has 2 aliphatic rings. The average Bonchev–Trinajstić information content (AvgIpc) is 2.15. The van der Waals surface area contributed by atoms with Gasteiger partial charge in [-0.15, -0.1) is 0 Å². The number of hydrogen-bond acceptors (Lipinski definition) is 2. The molecule has 15 heavy (non-hydrogen) atoms. The Labute approximate surface area is 89.3 Å². The molecule has 1 aliphatic heterocycles. The minimum Gasteiger partial charge on any atom is -0.480 e. The molecule has 0 radical (unpaired) electrons. The first kappa shape index (κ1) is 10.5. The molecule has 1 N–H and O–H groups in total. The zero-order chi connectivity index (χ0) is 10.8. The van der Waals surface area contributed by atoms with Gasteiger partial charge in [-0.3, -0.25) is 4.79 Å². The van der Waals surface area contributed by atoms with Gasteiger partial charge < -0.3 is 10.0 Å². The van der Waals surface area contributed by atoms with E-state index in [1.165, 1.54) is 0 Å². The van der Waals surface area contributed by atoms with E-state index >= 15 is 0 Å². The summed E-state index contributed by atoms with van der Waals surface area (Å²) in [7, 11) is 0. The summed E-state index contributed by atoms with van der Waals surface area (Å²) < 4.78 is 0. The van der Waals surface area contributed by atoms with Crippen LogP contribution in [0.3, 0.4) is 0 Å². The molecule has 0 aromatic carbocycles. The Kier molecular flexibility index (Phi) is 2.93. The van der Waals surface area contributed by atoms with Crippen molar-refractivity contribution in [3.63, 3.8) is 0 Å². The monoisotopic (exact) mass is 211 g/mol. The summed E-state index contributed by atoms with van der Waals surface area (Å²) in [5.74, 6) is -0.652. The minimum absolute atomic E-state index is 0.0772. The van der Waals surface area contributed by atoms with Crippen molar-refractivity contribution in [3.05, 3.63) is 0 Å². The summed E-state index contributed by atoms with van der Waals surface area (Å²) in [4.78, 5) is 24.6. The number of carboxylic acid groups (broad SMARTS) is 1. The fourth-order valence-electron chi connectivity index (χ4n) is 2.34. The van der Waals surface area contributed by atoms with Crippen molar-refractivity contribution in [1.82, 2.24) is 4.90 Å². The van der Waals surface area contributed by atoms with E-state index < -0.39 is 12.0 Å². The Morgan fingerprint density at radius 3 is 2.33 bits per heavy atom. The van der Waals surface area contributed by atoms with Gasteiger partial charge in [0.1, 0.15) is 6.04 Å². The number of piperidine rings is 1. The van der Waals surface area contributed by atoms with E-state index in [4.69, 9.17) is 5.11 Å². The predicted octanol–water partition coefficient (Wildman–Crippen LogP) is 1.25. The lowest BCUT2D eigenvalue weighted by Gasteiger charge is -2.37. The molecule has 1 unspecified atom stereocenters. The minimum atomic E-state index is -0.845. The number of likely N-dealkylation sites (tertiary alicyclic amines) is 1. The van der Waals surface area contributed by atoms with Crippen molar-refractivity contribution in [2.45, 2.75) is 44.6 Å². The van der Waals surface area contributed by atoms with E-state index in [0.717, 1.165) is 32.1 Å². The van der Waals surface area contributed by atoms with Gasteiger partial charge in [-0.1, -0.05) is 6.42 Å². The third kappa shape index (κ3) is 1.98. The maximum Gasteiger partial charge on any atom is 0.326 e. The predicted molar refractivity (Wildman–Crippen MR) is 54.3 cm³/mol. The largest absolute Gasteiger partial charge is 0.480 e. The van der Waals surface area contributed by atoms with Gasteiger partial charge in [0, 0.05) is 12.5 Å².